The molecule has 1 aliphatic heterocycles. The minimum Gasteiger partial charge on any atom is -0.485 e. The monoisotopic (exact) mass is 454 g/mol. The molecule has 33 heavy (non-hydrogen) atoms. The van der Waals surface area contributed by atoms with Gasteiger partial charge in [-0.25, -0.2) is 13.8 Å². The Hall–Kier alpha value is -3.72. The summed E-state index contributed by atoms with van der Waals surface area (Å²) in [6, 6.07) is 6.88. The highest BCUT2D eigenvalue weighted by atomic mass is 19.1. The van der Waals surface area contributed by atoms with Gasteiger partial charge in [-0.3, -0.25) is 9.20 Å². The van der Waals surface area contributed by atoms with Crippen molar-refractivity contribution in [2.75, 3.05) is 13.2 Å². The van der Waals surface area contributed by atoms with Gasteiger partial charge in [0.25, 0.3) is 5.91 Å². The third kappa shape index (κ3) is 4.31. The number of ether oxygens (including phenoxy) is 1. The Morgan fingerprint density at radius 1 is 1.30 bits per heavy atom. The number of hydrogen-bond acceptors (Lipinski definition) is 5. The number of aliphatic hydroxyl groups is 1. The van der Waals surface area contributed by atoms with Crippen molar-refractivity contribution >= 4 is 11.6 Å². The molecule has 0 saturated heterocycles. The highest BCUT2D eigenvalue weighted by Gasteiger charge is 2.32. The van der Waals surface area contributed by atoms with E-state index in [0.717, 1.165) is 17.7 Å². The first-order valence-electron chi connectivity index (χ1n) is 10.4. The number of aliphatic hydroxyl groups excluding tert-OH is 1. The number of amides is 1. The first-order valence-corrected chi connectivity index (χ1v) is 10.4. The van der Waals surface area contributed by atoms with E-state index in [1.807, 2.05) is 6.08 Å². The second kappa shape index (κ2) is 9.03. The summed E-state index contributed by atoms with van der Waals surface area (Å²) in [5.74, 6) is -1.56. The van der Waals surface area contributed by atoms with Crippen LogP contribution >= 0.6 is 0 Å². The zero-order chi connectivity index (χ0) is 23.6. The fourth-order valence-electron chi connectivity index (χ4n) is 3.73. The van der Waals surface area contributed by atoms with E-state index < -0.39 is 23.1 Å². The van der Waals surface area contributed by atoms with Crippen LogP contribution in [0.5, 0.6) is 5.75 Å². The minimum absolute atomic E-state index is 0.192. The number of benzene rings is 1. The van der Waals surface area contributed by atoms with Gasteiger partial charge in [0, 0.05) is 12.7 Å². The van der Waals surface area contributed by atoms with Crippen molar-refractivity contribution in [3.8, 4) is 5.75 Å². The maximum absolute atomic E-state index is 14.0. The number of pyridine rings is 1. The Bertz CT molecular complexity index is 1250. The molecule has 0 radical (unpaired) electrons. The highest BCUT2D eigenvalue weighted by molar-refractivity contribution is 5.95. The molecule has 0 bridgehead atoms. The lowest BCUT2D eigenvalue weighted by Crippen LogP contribution is -2.52. The van der Waals surface area contributed by atoms with Gasteiger partial charge in [0.15, 0.2) is 11.4 Å². The predicted octanol–water partition coefficient (Wildman–Crippen LogP) is 3.02. The van der Waals surface area contributed by atoms with Crippen LogP contribution in [0.3, 0.4) is 0 Å². The molecule has 3 heterocycles. The second-order valence-electron chi connectivity index (χ2n) is 7.98. The number of imidazole rings is 1. The quantitative estimate of drug-likeness (QED) is 0.511. The molecule has 3 aromatic rings. The number of aryl methyl sites for hydroxylation is 1. The van der Waals surface area contributed by atoms with E-state index >= 15 is 0 Å². The van der Waals surface area contributed by atoms with Crippen molar-refractivity contribution in [2.45, 2.75) is 26.0 Å². The first-order chi connectivity index (χ1) is 15.8. The Kier molecular flexibility index (Phi) is 6.15. The van der Waals surface area contributed by atoms with Gasteiger partial charge in [-0.05, 0) is 56.0 Å². The summed E-state index contributed by atoms with van der Waals surface area (Å²) in [4.78, 5) is 17.7. The van der Waals surface area contributed by atoms with Crippen LogP contribution in [0.4, 0.5) is 8.78 Å². The van der Waals surface area contributed by atoms with E-state index in [1.165, 1.54) is 6.07 Å². The molecule has 9 heteroatoms. The molecule has 0 saturated carbocycles. The van der Waals surface area contributed by atoms with Crippen LogP contribution in [0, 0.1) is 18.6 Å². The highest BCUT2D eigenvalue weighted by Crippen LogP contribution is 2.25. The zero-order valence-electron chi connectivity index (χ0n) is 18.2. The topological polar surface area (TPSA) is 87.9 Å². The third-order valence-corrected chi connectivity index (χ3v) is 5.66. The number of nitrogens with one attached hydrogen (secondary N) is 2. The van der Waals surface area contributed by atoms with E-state index in [9.17, 15) is 18.7 Å². The second-order valence-corrected chi connectivity index (χ2v) is 7.98. The van der Waals surface area contributed by atoms with Crippen molar-refractivity contribution in [1.82, 2.24) is 20.0 Å². The van der Waals surface area contributed by atoms with Crippen molar-refractivity contribution < 1.29 is 23.4 Å². The lowest BCUT2D eigenvalue weighted by atomic mass is 9.90. The van der Waals surface area contributed by atoms with Gasteiger partial charge in [-0.1, -0.05) is 12.1 Å². The molecule has 2 aromatic heterocycles. The Balaban J connectivity index is 1.63. The smallest absolute Gasteiger partial charge is 0.270 e. The lowest BCUT2D eigenvalue weighted by molar-refractivity contribution is 0.0873. The van der Waals surface area contributed by atoms with Gasteiger partial charge in [-0.15, -0.1) is 0 Å². The van der Waals surface area contributed by atoms with Crippen LogP contribution in [-0.4, -0.2) is 39.1 Å². The first kappa shape index (κ1) is 22.5. The van der Waals surface area contributed by atoms with E-state index in [4.69, 9.17) is 4.74 Å². The summed E-state index contributed by atoms with van der Waals surface area (Å²) >= 11 is 0. The van der Waals surface area contributed by atoms with E-state index in [1.54, 1.807) is 48.9 Å². The van der Waals surface area contributed by atoms with Crippen molar-refractivity contribution in [2.24, 2.45) is 0 Å². The van der Waals surface area contributed by atoms with E-state index in [-0.39, 0.29) is 30.2 Å². The number of aromatic nitrogens is 2. The van der Waals surface area contributed by atoms with Crippen LogP contribution < -0.4 is 15.4 Å². The van der Waals surface area contributed by atoms with Gasteiger partial charge in [0.05, 0.1) is 23.4 Å². The number of hydrogen-bond donors (Lipinski definition) is 3. The number of nitrogens with zero attached hydrogens (tertiary/aromatic N) is 2. The van der Waals surface area contributed by atoms with Crippen LogP contribution in [0.1, 0.15) is 28.7 Å². The van der Waals surface area contributed by atoms with Crippen LogP contribution in [0.15, 0.2) is 60.5 Å². The standard InChI is InChI=1S/C24H24F2N4O3/c1-15-21(23(32)29-24(2,14-31)16-6-4-10-27-12-16)30-11-5-9-20(22(30)28-15)33-13-17-18(25)7-3-8-19(17)26/h3-11,27,31H,12-14H2,1-2H3,(H,29,32). The van der Waals surface area contributed by atoms with E-state index in [0.29, 0.717) is 17.9 Å². The molecule has 1 aliphatic rings. The average molecular weight is 454 g/mol. The Labute approximate surface area is 189 Å². The molecule has 1 atom stereocenters. The maximum Gasteiger partial charge on any atom is 0.270 e. The predicted molar refractivity (Wildman–Crippen MR) is 119 cm³/mol. The lowest BCUT2D eigenvalue weighted by Gasteiger charge is -2.32. The zero-order valence-corrected chi connectivity index (χ0v) is 18.2. The normalized spacial score (nSPS) is 15.0. The molecule has 7 nitrogen and oxygen atoms in total. The molecular weight excluding hydrogens is 430 g/mol. The van der Waals surface area contributed by atoms with Crippen molar-refractivity contribution in [1.29, 1.82) is 0 Å². The summed E-state index contributed by atoms with van der Waals surface area (Å²) in [5.41, 5.74) is 0.695. The number of fused-ring (bicyclic) bond motifs is 1. The third-order valence-electron chi connectivity index (χ3n) is 5.66. The number of carbonyl (C=O) groups is 1. The largest absolute Gasteiger partial charge is 0.485 e. The molecule has 0 fully saturated rings. The van der Waals surface area contributed by atoms with Crippen LogP contribution in [0.25, 0.3) is 5.65 Å². The number of rotatable bonds is 7. The molecule has 1 unspecified atom stereocenters. The van der Waals surface area contributed by atoms with E-state index in [2.05, 4.69) is 15.6 Å². The van der Waals surface area contributed by atoms with Gasteiger partial charge in [-0.2, -0.15) is 0 Å². The van der Waals surface area contributed by atoms with Gasteiger partial charge in [0.2, 0.25) is 0 Å². The molecule has 1 amide bonds. The van der Waals surface area contributed by atoms with Crippen molar-refractivity contribution in [3.63, 3.8) is 0 Å². The SMILES string of the molecule is Cc1nc2c(OCc3c(F)cccc3F)cccn2c1C(=O)NC(C)(CO)C1=CC=CNC1. The molecule has 0 aliphatic carbocycles. The molecule has 4 rings (SSSR count). The molecule has 0 spiro atoms. The number of allylic oxidation sites excluding steroid dienone is 2. The minimum atomic E-state index is -0.984. The molecular formula is C24H24F2N4O3. The summed E-state index contributed by atoms with van der Waals surface area (Å²) in [5, 5.41) is 16.0. The number of dihydropyridines is 1. The maximum atomic E-state index is 14.0. The summed E-state index contributed by atoms with van der Waals surface area (Å²) < 4.78 is 35.1. The Morgan fingerprint density at radius 3 is 2.73 bits per heavy atom. The fraction of sp³-hybridized carbons (Fsp3) is 0.250. The van der Waals surface area contributed by atoms with Crippen LogP contribution in [-0.2, 0) is 6.61 Å². The average Bonchev–Trinajstić information content (AvgIpc) is 3.16. The summed E-state index contributed by atoms with van der Waals surface area (Å²) in [7, 11) is 0. The van der Waals surface area contributed by atoms with Gasteiger partial charge in [0.1, 0.15) is 23.9 Å². The molecule has 172 valence electrons. The van der Waals surface area contributed by atoms with Crippen molar-refractivity contribution in [3.05, 3.63) is 89.0 Å². The number of halogens is 2. The summed E-state index contributed by atoms with van der Waals surface area (Å²) in [6.07, 6.45) is 7.09. The fourth-order valence-corrected chi connectivity index (χ4v) is 3.73. The van der Waals surface area contributed by atoms with Gasteiger partial charge >= 0.3 is 0 Å². The molecule has 1 aromatic carbocycles. The van der Waals surface area contributed by atoms with Gasteiger partial charge < -0.3 is 20.5 Å². The summed E-state index contributed by atoms with van der Waals surface area (Å²) in [6.45, 7) is 3.29. The molecule has 3 N–H and O–H groups in total. The van der Waals surface area contributed by atoms with Crippen LogP contribution in [0.2, 0.25) is 0 Å². The Morgan fingerprint density at radius 2 is 2.06 bits per heavy atom. The number of carbonyl (C=O) groups excluding carboxylic acids is 1.